The molecular weight excluding hydrogens is 185 g/mol. The number of rotatable bonds is 2. The molecule has 0 bridgehead atoms. The largest absolute Gasteiger partial charge is 0.502 e. The first kappa shape index (κ1) is 12.1. The van der Waals surface area contributed by atoms with E-state index in [4.69, 9.17) is 5.11 Å². The Kier molecular flexibility index (Phi) is 4.61. The van der Waals surface area contributed by atoms with Crippen molar-refractivity contribution in [1.82, 2.24) is 0 Å². The summed E-state index contributed by atoms with van der Waals surface area (Å²) >= 11 is 0. The minimum atomic E-state index is -0.748. The maximum atomic E-state index is 10.2. The molecule has 13 heavy (non-hydrogen) atoms. The van der Waals surface area contributed by atoms with Crippen molar-refractivity contribution in [2.45, 2.75) is 0 Å². The zero-order valence-corrected chi connectivity index (χ0v) is 8.93. The first-order valence-corrected chi connectivity index (χ1v) is 3.08. The smallest absolute Gasteiger partial charge is 0.311 e. The van der Waals surface area contributed by atoms with Crippen LogP contribution in [0.2, 0.25) is 0 Å². The summed E-state index contributed by atoms with van der Waals surface area (Å²) in [5.74, 6) is -0.586. The number of hydrogen-bond donors (Lipinski definition) is 1. The molecular formula is C7H5NNaO4. The number of carbonyl (C=O) groups excluding carboxylic acids is 1. The topological polar surface area (TPSA) is 80.4 Å². The fraction of sp³-hybridized carbons (Fsp3) is 0. The molecule has 1 aromatic carbocycles. The van der Waals surface area contributed by atoms with Crippen LogP contribution in [0.3, 0.4) is 0 Å². The monoisotopic (exact) mass is 190 g/mol. The average Bonchev–Trinajstić information content (AvgIpc) is 2.04. The van der Waals surface area contributed by atoms with E-state index in [9.17, 15) is 14.9 Å². The van der Waals surface area contributed by atoms with Crippen molar-refractivity contribution in [3.8, 4) is 5.75 Å². The fourth-order valence-corrected chi connectivity index (χ4v) is 0.791. The van der Waals surface area contributed by atoms with E-state index in [1.807, 2.05) is 0 Å². The van der Waals surface area contributed by atoms with Gasteiger partial charge in [0.25, 0.3) is 0 Å². The molecule has 5 nitrogen and oxygen atoms in total. The Morgan fingerprint density at radius 2 is 2.08 bits per heavy atom. The molecule has 0 saturated carbocycles. The van der Waals surface area contributed by atoms with E-state index in [0.29, 0.717) is 6.29 Å². The third-order valence-corrected chi connectivity index (χ3v) is 1.37. The molecule has 0 amide bonds. The summed E-state index contributed by atoms with van der Waals surface area (Å²) in [6.45, 7) is 0. The zero-order valence-electron chi connectivity index (χ0n) is 6.93. The van der Waals surface area contributed by atoms with Crippen molar-refractivity contribution < 1.29 is 14.8 Å². The van der Waals surface area contributed by atoms with Crippen molar-refractivity contribution in [2.75, 3.05) is 0 Å². The Morgan fingerprint density at radius 1 is 1.46 bits per heavy atom. The number of phenolic OH excluding ortho intramolecular Hbond substituents is 1. The first-order valence-electron chi connectivity index (χ1n) is 3.08. The van der Waals surface area contributed by atoms with E-state index < -0.39 is 16.4 Å². The molecule has 0 aliphatic heterocycles. The van der Waals surface area contributed by atoms with Gasteiger partial charge in [0.15, 0.2) is 6.29 Å². The van der Waals surface area contributed by atoms with Gasteiger partial charge in [0.05, 0.1) is 10.5 Å². The predicted octanol–water partition coefficient (Wildman–Crippen LogP) is 0.732. The van der Waals surface area contributed by atoms with Crippen LogP contribution >= 0.6 is 0 Å². The van der Waals surface area contributed by atoms with Gasteiger partial charge < -0.3 is 5.11 Å². The molecule has 0 aromatic heterocycles. The predicted molar refractivity (Wildman–Crippen MR) is 45.9 cm³/mol. The third-order valence-electron chi connectivity index (χ3n) is 1.37. The van der Waals surface area contributed by atoms with E-state index in [0.717, 1.165) is 6.07 Å². The van der Waals surface area contributed by atoms with Crippen molar-refractivity contribution >= 4 is 41.5 Å². The van der Waals surface area contributed by atoms with E-state index in [1.165, 1.54) is 12.1 Å². The quantitative estimate of drug-likeness (QED) is 0.322. The normalized spacial score (nSPS) is 8.62. The van der Waals surface area contributed by atoms with Crippen LogP contribution < -0.4 is 0 Å². The molecule has 0 aliphatic carbocycles. The number of hydrogen-bond acceptors (Lipinski definition) is 4. The molecule has 0 unspecified atom stereocenters. The van der Waals surface area contributed by atoms with Crippen LogP contribution in [0.25, 0.3) is 0 Å². The second-order valence-electron chi connectivity index (χ2n) is 2.09. The Balaban J connectivity index is 0.00000144. The molecule has 1 rings (SSSR count). The van der Waals surface area contributed by atoms with Gasteiger partial charge >= 0.3 is 5.69 Å². The summed E-state index contributed by atoms with van der Waals surface area (Å²) in [6, 6.07) is 3.76. The van der Waals surface area contributed by atoms with Crippen LogP contribution in [0.5, 0.6) is 5.75 Å². The molecule has 1 N–H and O–H groups in total. The summed E-state index contributed by atoms with van der Waals surface area (Å²) in [5.41, 5.74) is -0.538. The molecule has 63 valence electrons. The van der Waals surface area contributed by atoms with Crippen LogP contribution in [0.1, 0.15) is 10.4 Å². The summed E-state index contributed by atoms with van der Waals surface area (Å²) in [6.07, 6.45) is 0.363. The fourth-order valence-electron chi connectivity index (χ4n) is 0.791. The average molecular weight is 190 g/mol. The van der Waals surface area contributed by atoms with Gasteiger partial charge in [0, 0.05) is 35.6 Å². The number of nitro groups is 1. The van der Waals surface area contributed by atoms with Crippen LogP contribution in [0.15, 0.2) is 18.2 Å². The number of para-hydroxylation sites is 1. The van der Waals surface area contributed by atoms with Crippen LogP contribution in [-0.4, -0.2) is 45.9 Å². The van der Waals surface area contributed by atoms with Gasteiger partial charge in [0.2, 0.25) is 5.75 Å². The SMILES string of the molecule is O=Cc1cccc([N+](=O)[O-])c1O.[Na]. The van der Waals surface area contributed by atoms with Gasteiger partial charge in [-0.15, -0.1) is 0 Å². The summed E-state index contributed by atoms with van der Waals surface area (Å²) in [7, 11) is 0. The number of aldehydes is 1. The number of nitro benzene ring substituents is 1. The molecule has 0 heterocycles. The molecule has 1 radical (unpaired) electrons. The summed E-state index contributed by atoms with van der Waals surface area (Å²) < 4.78 is 0. The van der Waals surface area contributed by atoms with Gasteiger partial charge in [-0.3, -0.25) is 14.9 Å². The Hall–Kier alpha value is -0.910. The maximum absolute atomic E-state index is 10.2. The van der Waals surface area contributed by atoms with E-state index in [1.54, 1.807) is 0 Å². The van der Waals surface area contributed by atoms with Gasteiger partial charge in [0.1, 0.15) is 0 Å². The summed E-state index contributed by atoms with van der Waals surface area (Å²) in [4.78, 5) is 19.7. The summed E-state index contributed by atoms with van der Waals surface area (Å²) in [5, 5.41) is 19.3. The standard InChI is InChI=1S/C7H5NO4.Na/c9-4-5-2-1-3-6(7(5)10)8(11)12;/h1-4,10H;. The van der Waals surface area contributed by atoms with Crippen molar-refractivity contribution in [3.05, 3.63) is 33.9 Å². The molecule has 0 atom stereocenters. The van der Waals surface area contributed by atoms with Gasteiger partial charge in [-0.25, -0.2) is 0 Å². The molecule has 0 spiro atoms. The van der Waals surface area contributed by atoms with Crippen molar-refractivity contribution in [1.29, 1.82) is 0 Å². The number of nitrogens with zero attached hydrogens (tertiary/aromatic N) is 1. The Morgan fingerprint density at radius 3 is 2.54 bits per heavy atom. The van der Waals surface area contributed by atoms with Crippen molar-refractivity contribution in [2.24, 2.45) is 0 Å². The van der Waals surface area contributed by atoms with Gasteiger partial charge in [-0.2, -0.15) is 0 Å². The second kappa shape index (κ2) is 4.96. The van der Waals surface area contributed by atoms with E-state index in [2.05, 4.69) is 0 Å². The molecule has 0 saturated heterocycles. The minimum Gasteiger partial charge on any atom is -0.502 e. The van der Waals surface area contributed by atoms with Crippen molar-refractivity contribution in [3.63, 3.8) is 0 Å². The third kappa shape index (κ3) is 2.51. The Bertz CT molecular complexity index is 339. The maximum Gasteiger partial charge on any atom is 0.311 e. The molecule has 0 fully saturated rings. The first-order chi connectivity index (χ1) is 5.66. The van der Waals surface area contributed by atoms with Crippen LogP contribution in [0, 0.1) is 10.1 Å². The zero-order chi connectivity index (χ0) is 9.14. The van der Waals surface area contributed by atoms with Gasteiger partial charge in [-0.05, 0) is 6.07 Å². The van der Waals surface area contributed by atoms with E-state index in [-0.39, 0.29) is 35.1 Å². The van der Waals surface area contributed by atoms with Crippen LogP contribution in [-0.2, 0) is 0 Å². The minimum absolute atomic E-state index is 0. The second-order valence-corrected chi connectivity index (χ2v) is 2.09. The van der Waals surface area contributed by atoms with E-state index >= 15 is 0 Å². The van der Waals surface area contributed by atoms with Crippen LogP contribution in [0.4, 0.5) is 5.69 Å². The molecule has 1 aromatic rings. The number of carbonyl (C=O) groups is 1. The number of aromatic hydroxyl groups is 1. The number of benzene rings is 1. The molecule has 0 aliphatic rings. The number of phenols is 1. The Labute approximate surface area is 95.8 Å². The van der Waals surface area contributed by atoms with Gasteiger partial charge in [-0.1, -0.05) is 6.07 Å². The molecule has 6 heteroatoms.